The van der Waals surface area contributed by atoms with E-state index in [-0.39, 0.29) is 13.7 Å². The van der Waals surface area contributed by atoms with Gasteiger partial charge < -0.3 is 40.5 Å². The zero-order valence-corrected chi connectivity index (χ0v) is 28.2. The molecule has 1 N–H and O–H groups in total. The van der Waals surface area contributed by atoms with Crippen LogP contribution in [0, 0.1) is 0 Å². The van der Waals surface area contributed by atoms with Crippen LogP contribution in [0.25, 0.3) is 0 Å². The molecule has 0 aromatic carbocycles. The van der Waals surface area contributed by atoms with Gasteiger partial charge in [0.25, 0.3) is 0 Å². The molecular weight excluding hydrogens is 509 g/mol. The van der Waals surface area contributed by atoms with Gasteiger partial charge in [0.15, 0.2) is 0 Å². The maximum atomic E-state index is 8.60. The van der Waals surface area contributed by atoms with Crippen LogP contribution >= 0.6 is 0 Å². The highest BCUT2D eigenvalue weighted by atomic mass is 28.4. The molecule has 0 heterocycles. The summed E-state index contributed by atoms with van der Waals surface area (Å²) in [5.41, 5.74) is 0. The molecule has 0 amide bonds. The van der Waals surface area contributed by atoms with Crippen LogP contribution in [0.15, 0.2) is 0 Å². The van der Waals surface area contributed by atoms with E-state index in [0.29, 0.717) is 0 Å². The molecule has 0 aliphatic heterocycles. The van der Waals surface area contributed by atoms with Gasteiger partial charge in [-0.1, -0.05) is 7.43 Å². The number of hydrogen-bond acceptors (Lipinski definition) is 9. The molecule has 34 heavy (non-hydrogen) atoms. The molecule has 0 aliphatic rings. The first-order valence-electron chi connectivity index (χ1n) is 11.4. The predicted octanol–water partition coefficient (Wildman–Crippen LogP) is 5.02. The zero-order valence-electron chi connectivity index (χ0n) is 24.2. The van der Waals surface area contributed by atoms with Gasteiger partial charge in [-0.05, 0) is 73.5 Å². The largest absolute Gasteiger partial charge is 0.398 e. The summed E-state index contributed by atoms with van der Waals surface area (Å²) in [5.74, 6) is 0. The van der Waals surface area contributed by atoms with Crippen LogP contribution < -0.4 is 0 Å². The number of aliphatic hydroxyl groups excluding tert-OH is 1. The van der Waals surface area contributed by atoms with Gasteiger partial charge in [0.05, 0.1) is 6.23 Å². The number of hydrogen-bond donors (Lipinski definition) is 1. The maximum absolute atomic E-state index is 8.60. The van der Waals surface area contributed by atoms with Gasteiger partial charge in [0.1, 0.15) is 0 Å². The Hall–Kier alpha value is 0.508. The molecule has 0 saturated heterocycles. The van der Waals surface area contributed by atoms with Crippen LogP contribution in [0.2, 0.25) is 45.8 Å². The standard InChI is InChI=1S/2C6H16O2Si.C4H12O3Si.C4H12O2Si.CH4/c2*1-5-7-9(3,4)8-6-2;1-6-8(3,4-5)7-2;1-5-7(3,4)6-2;/h2*5-6H2,1-4H3;5H,4H2,1-3H3;1-4H3;1H4. The molecule has 0 fully saturated rings. The first-order chi connectivity index (χ1) is 15.0. The summed E-state index contributed by atoms with van der Waals surface area (Å²) in [6, 6.07) is 0. The fraction of sp³-hybridized carbons (Fsp3) is 1.00. The van der Waals surface area contributed by atoms with Gasteiger partial charge in [-0.25, -0.2) is 0 Å². The second-order valence-electron chi connectivity index (χ2n) is 8.04. The molecule has 0 rings (SSSR count). The highest BCUT2D eigenvalue weighted by Gasteiger charge is 2.27. The van der Waals surface area contributed by atoms with E-state index in [1.807, 2.05) is 40.8 Å². The summed E-state index contributed by atoms with van der Waals surface area (Å²) in [5, 5.41) is 8.60. The lowest BCUT2D eigenvalue weighted by molar-refractivity contribution is 0.195. The second kappa shape index (κ2) is 25.2. The second-order valence-corrected chi connectivity index (χ2v) is 21.8. The van der Waals surface area contributed by atoms with E-state index >= 15 is 0 Å². The van der Waals surface area contributed by atoms with Crippen molar-refractivity contribution in [3.63, 3.8) is 0 Å². The van der Waals surface area contributed by atoms with E-state index < -0.39 is 34.2 Å². The Kier molecular flexibility index (Phi) is 32.9. The first-order valence-corrected chi connectivity index (χ1v) is 22.4. The lowest BCUT2D eigenvalue weighted by Gasteiger charge is -2.20. The zero-order chi connectivity index (χ0) is 27.2. The Labute approximate surface area is 216 Å². The maximum Gasteiger partial charge on any atom is 0.360 e. The summed E-state index contributed by atoms with van der Waals surface area (Å²) < 4.78 is 41.4. The third kappa shape index (κ3) is 32.5. The molecule has 0 spiro atoms. The minimum Gasteiger partial charge on any atom is -0.398 e. The average Bonchev–Trinajstić information content (AvgIpc) is 2.74. The Morgan fingerprint density at radius 2 is 0.706 bits per heavy atom. The van der Waals surface area contributed by atoms with E-state index in [4.69, 9.17) is 40.5 Å². The Morgan fingerprint density at radius 1 is 0.471 bits per heavy atom. The molecule has 0 saturated carbocycles. The van der Waals surface area contributed by atoms with E-state index in [2.05, 4.69) is 26.2 Å². The highest BCUT2D eigenvalue weighted by Crippen LogP contribution is 2.05. The van der Waals surface area contributed by atoms with Crippen LogP contribution in [-0.2, 0) is 35.4 Å². The molecule has 0 atom stereocenters. The predicted molar refractivity (Wildman–Crippen MR) is 152 cm³/mol. The molecule has 0 bridgehead atoms. The number of aliphatic hydroxyl groups is 1. The smallest absolute Gasteiger partial charge is 0.360 e. The Morgan fingerprint density at radius 3 is 0.765 bits per heavy atom. The SMILES string of the molecule is C.CCO[Si](C)(C)OCC.CCO[Si](C)(C)OCC.CO[Si](C)(C)OC.CO[Si](C)(CO)OC. The normalized spacial score (nSPS) is 11.6. The molecular formula is C21H60O9Si4. The van der Waals surface area contributed by atoms with Crippen molar-refractivity contribution in [1.82, 2.24) is 0 Å². The highest BCUT2D eigenvalue weighted by molar-refractivity contribution is 6.66. The third-order valence-electron chi connectivity index (χ3n) is 4.10. The van der Waals surface area contributed by atoms with Crippen molar-refractivity contribution in [3.8, 4) is 0 Å². The van der Waals surface area contributed by atoms with Crippen LogP contribution in [0.3, 0.4) is 0 Å². The van der Waals surface area contributed by atoms with Crippen LogP contribution in [0.1, 0.15) is 35.1 Å². The monoisotopic (exact) mass is 568 g/mol. The van der Waals surface area contributed by atoms with Crippen molar-refractivity contribution in [2.45, 2.75) is 81.0 Å². The minimum atomic E-state index is -2.12. The van der Waals surface area contributed by atoms with Crippen molar-refractivity contribution in [2.75, 3.05) is 61.1 Å². The Balaban J connectivity index is -0.000000109. The lowest BCUT2D eigenvalue weighted by atomic mass is 10.9. The van der Waals surface area contributed by atoms with Crippen molar-refractivity contribution in [3.05, 3.63) is 0 Å². The van der Waals surface area contributed by atoms with Gasteiger partial charge in [-0.15, -0.1) is 0 Å². The van der Waals surface area contributed by atoms with E-state index in [1.54, 1.807) is 35.0 Å². The quantitative estimate of drug-likeness (QED) is 0.307. The first kappa shape index (κ1) is 44.5. The van der Waals surface area contributed by atoms with Crippen molar-refractivity contribution in [2.24, 2.45) is 0 Å². The van der Waals surface area contributed by atoms with E-state index in [1.165, 1.54) is 0 Å². The molecule has 9 nitrogen and oxygen atoms in total. The summed E-state index contributed by atoms with van der Waals surface area (Å²) in [4.78, 5) is 0. The summed E-state index contributed by atoms with van der Waals surface area (Å²) in [7, 11) is -0.726. The van der Waals surface area contributed by atoms with Crippen molar-refractivity contribution in [1.29, 1.82) is 0 Å². The van der Waals surface area contributed by atoms with Gasteiger partial charge >= 0.3 is 34.2 Å². The molecule has 0 aliphatic carbocycles. The number of rotatable bonds is 13. The molecule has 0 unspecified atom stereocenters. The van der Waals surface area contributed by atoms with Crippen LogP contribution in [-0.4, -0.2) is 100 Å². The third-order valence-corrected chi connectivity index (χ3v) is 12.3. The minimum absolute atomic E-state index is 0. The average molecular weight is 569 g/mol. The van der Waals surface area contributed by atoms with Crippen molar-refractivity contribution >= 4 is 34.2 Å². The topological polar surface area (TPSA) is 94.1 Å². The summed E-state index contributed by atoms with van der Waals surface area (Å²) >= 11 is 0. The molecule has 0 aromatic rings. The molecule has 0 aromatic heterocycles. The summed E-state index contributed by atoms with van der Waals surface area (Å²) in [6.45, 7) is 25.0. The van der Waals surface area contributed by atoms with Gasteiger partial charge in [-0.2, -0.15) is 0 Å². The van der Waals surface area contributed by atoms with Crippen LogP contribution in [0.4, 0.5) is 0 Å². The fourth-order valence-corrected chi connectivity index (χ4v) is 5.31. The lowest BCUT2D eigenvalue weighted by Crippen LogP contribution is -2.40. The Bertz CT molecular complexity index is 361. The molecule has 0 radical (unpaired) electrons. The molecule has 13 heteroatoms. The fourth-order valence-electron chi connectivity index (χ4n) is 1.77. The molecule has 214 valence electrons. The van der Waals surface area contributed by atoms with Gasteiger partial charge in [0.2, 0.25) is 0 Å². The van der Waals surface area contributed by atoms with Gasteiger partial charge in [0, 0.05) is 54.9 Å². The van der Waals surface area contributed by atoms with E-state index in [0.717, 1.165) is 26.4 Å². The summed E-state index contributed by atoms with van der Waals surface area (Å²) in [6.07, 6.45) is 0.0139. The van der Waals surface area contributed by atoms with Gasteiger partial charge in [-0.3, -0.25) is 0 Å². The van der Waals surface area contributed by atoms with E-state index in [9.17, 15) is 0 Å². The van der Waals surface area contributed by atoms with Crippen LogP contribution in [0.5, 0.6) is 0 Å². The van der Waals surface area contributed by atoms with Crippen molar-refractivity contribution < 1.29 is 40.5 Å².